The third kappa shape index (κ3) is 4.28. The van der Waals surface area contributed by atoms with E-state index in [1.165, 1.54) is 6.92 Å². The molecule has 0 saturated carbocycles. The average Bonchev–Trinajstić information content (AvgIpc) is 1.83. The van der Waals surface area contributed by atoms with Gasteiger partial charge in [-0.05, 0) is 6.92 Å². The fourth-order valence-corrected chi connectivity index (χ4v) is 0.155. The highest BCUT2D eigenvalue weighted by molar-refractivity contribution is 5.96. The Labute approximate surface area is 52.7 Å². The maximum absolute atomic E-state index is 8.12. The summed E-state index contributed by atoms with van der Waals surface area (Å²) in [4.78, 5) is 0. The number of hydrogen-bond acceptors (Lipinski definition) is 3. The molecule has 0 aliphatic heterocycles. The summed E-state index contributed by atoms with van der Waals surface area (Å²) < 4.78 is 0. The monoisotopic (exact) mass is 125 g/mol. The predicted octanol–water partition coefficient (Wildman–Crippen LogP) is -0.841. The molecule has 0 unspecified atom stereocenters. The van der Waals surface area contributed by atoms with Crippen molar-refractivity contribution < 1.29 is 0 Å². The van der Waals surface area contributed by atoms with Crippen LogP contribution in [-0.2, 0) is 0 Å². The Morgan fingerprint density at radius 2 is 2.00 bits per heavy atom. The number of guanidine groups is 1. The molecule has 0 heterocycles. The Morgan fingerprint density at radius 1 is 1.44 bits per heavy atom. The Morgan fingerprint density at radius 3 is 2.33 bits per heavy atom. The van der Waals surface area contributed by atoms with Crippen LogP contribution in [0.25, 0.3) is 0 Å². The van der Waals surface area contributed by atoms with Crippen molar-refractivity contribution in [1.29, 1.82) is 5.26 Å². The van der Waals surface area contributed by atoms with Crippen LogP contribution < -0.4 is 11.5 Å². The lowest BCUT2D eigenvalue weighted by Gasteiger charge is -1.82. The predicted molar refractivity (Wildman–Crippen MR) is 34.5 cm³/mol. The fraction of sp³-hybridized carbons (Fsp3) is 0.250. The van der Waals surface area contributed by atoms with Gasteiger partial charge >= 0.3 is 0 Å². The SMILES string of the molecule is C/C(C#N)=N\N=C(N)N. The number of hydrogen-bond donors (Lipinski definition) is 2. The van der Waals surface area contributed by atoms with Gasteiger partial charge < -0.3 is 11.5 Å². The molecule has 5 nitrogen and oxygen atoms in total. The first-order valence-electron chi connectivity index (χ1n) is 2.20. The van der Waals surface area contributed by atoms with Crippen LogP contribution in [0, 0.1) is 11.3 Å². The zero-order valence-corrected chi connectivity index (χ0v) is 5.00. The molecule has 0 fully saturated rings. The lowest BCUT2D eigenvalue weighted by molar-refractivity contribution is 1.20. The molecule has 0 aliphatic rings. The summed E-state index contributed by atoms with van der Waals surface area (Å²) in [7, 11) is 0. The molecule has 5 heteroatoms. The molecular formula is C4H7N5. The number of rotatable bonds is 1. The van der Waals surface area contributed by atoms with Crippen molar-refractivity contribution in [3.63, 3.8) is 0 Å². The van der Waals surface area contributed by atoms with E-state index in [4.69, 9.17) is 16.7 Å². The highest BCUT2D eigenvalue weighted by Gasteiger charge is 1.81. The minimum absolute atomic E-state index is 0.149. The van der Waals surface area contributed by atoms with Crippen LogP contribution in [0.5, 0.6) is 0 Å². The van der Waals surface area contributed by atoms with E-state index in [9.17, 15) is 0 Å². The van der Waals surface area contributed by atoms with Crippen molar-refractivity contribution in [1.82, 2.24) is 0 Å². The van der Waals surface area contributed by atoms with Crippen LogP contribution in [0.1, 0.15) is 6.92 Å². The smallest absolute Gasteiger partial charge is 0.211 e. The van der Waals surface area contributed by atoms with Crippen LogP contribution in [-0.4, -0.2) is 11.7 Å². The second-order valence-electron chi connectivity index (χ2n) is 1.32. The quantitative estimate of drug-likeness (QED) is 0.271. The second kappa shape index (κ2) is 3.43. The molecule has 0 amide bonds. The first kappa shape index (κ1) is 7.43. The zero-order chi connectivity index (χ0) is 7.28. The lowest BCUT2D eigenvalue weighted by atomic mass is 10.5. The van der Waals surface area contributed by atoms with Gasteiger partial charge in [-0.3, -0.25) is 0 Å². The van der Waals surface area contributed by atoms with Gasteiger partial charge in [0.1, 0.15) is 11.8 Å². The van der Waals surface area contributed by atoms with Crippen LogP contribution in [0.2, 0.25) is 0 Å². The van der Waals surface area contributed by atoms with Crippen molar-refractivity contribution in [2.75, 3.05) is 0 Å². The van der Waals surface area contributed by atoms with Gasteiger partial charge in [0.05, 0.1) is 0 Å². The summed E-state index contributed by atoms with van der Waals surface area (Å²) in [5, 5.41) is 14.7. The molecule has 0 aliphatic carbocycles. The summed E-state index contributed by atoms with van der Waals surface area (Å²) in [6.07, 6.45) is 0. The van der Waals surface area contributed by atoms with Crippen molar-refractivity contribution >= 4 is 11.7 Å². The highest BCUT2D eigenvalue weighted by Crippen LogP contribution is 1.74. The van der Waals surface area contributed by atoms with E-state index in [-0.39, 0.29) is 11.7 Å². The maximum atomic E-state index is 8.12. The first-order valence-corrected chi connectivity index (χ1v) is 2.20. The lowest BCUT2D eigenvalue weighted by Crippen LogP contribution is -2.21. The fourth-order valence-electron chi connectivity index (χ4n) is 0.155. The van der Waals surface area contributed by atoms with E-state index in [0.29, 0.717) is 0 Å². The van der Waals surface area contributed by atoms with Crippen LogP contribution >= 0.6 is 0 Å². The Balaban J connectivity index is 4.03. The molecule has 4 N–H and O–H groups in total. The first-order chi connectivity index (χ1) is 4.16. The Hall–Kier alpha value is -1.57. The molecule has 0 bridgehead atoms. The van der Waals surface area contributed by atoms with Gasteiger partial charge in [-0.15, -0.1) is 10.2 Å². The molecule has 0 spiro atoms. The summed E-state index contributed by atoms with van der Waals surface area (Å²) in [5.41, 5.74) is 10.0. The zero-order valence-electron chi connectivity index (χ0n) is 5.00. The number of nitrogens with two attached hydrogens (primary N) is 2. The number of nitriles is 1. The molecule has 0 atom stereocenters. The van der Waals surface area contributed by atoms with Crippen LogP contribution in [0.3, 0.4) is 0 Å². The molecule has 0 aromatic carbocycles. The van der Waals surface area contributed by atoms with Crippen molar-refractivity contribution in [2.45, 2.75) is 6.92 Å². The topological polar surface area (TPSA) is 101 Å². The Kier molecular flexibility index (Phi) is 2.84. The van der Waals surface area contributed by atoms with Gasteiger partial charge in [0.15, 0.2) is 0 Å². The van der Waals surface area contributed by atoms with Crippen molar-refractivity contribution in [3.05, 3.63) is 0 Å². The van der Waals surface area contributed by atoms with Crippen LogP contribution in [0.15, 0.2) is 10.2 Å². The second-order valence-corrected chi connectivity index (χ2v) is 1.32. The van der Waals surface area contributed by atoms with E-state index < -0.39 is 0 Å². The van der Waals surface area contributed by atoms with Gasteiger partial charge in [-0.25, -0.2) is 0 Å². The van der Waals surface area contributed by atoms with Crippen molar-refractivity contribution in [3.8, 4) is 6.07 Å². The van der Waals surface area contributed by atoms with E-state index in [2.05, 4.69) is 10.2 Å². The van der Waals surface area contributed by atoms with E-state index in [1.807, 2.05) is 0 Å². The summed E-state index contributed by atoms with van der Waals surface area (Å²) in [6.45, 7) is 1.51. The normalized spacial score (nSPS) is 10.0. The third-order valence-electron chi connectivity index (χ3n) is 0.477. The van der Waals surface area contributed by atoms with Crippen LogP contribution in [0.4, 0.5) is 0 Å². The number of nitrogens with zero attached hydrogens (tertiary/aromatic N) is 3. The average molecular weight is 125 g/mol. The summed E-state index contributed by atoms with van der Waals surface area (Å²) in [5.74, 6) is -0.149. The van der Waals surface area contributed by atoms with E-state index in [1.54, 1.807) is 6.07 Å². The molecule has 0 aromatic heterocycles. The van der Waals surface area contributed by atoms with Crippen molar-refractivity contribution in [2.24, 2.45) is 21.7 Å². The van der Waals surface area contributed by atoms with E-state index in [0.717, 1.165) is 0 Å². The van der Waals surface area contributed by atoms with Gasteiger partial charge in [-0.1, -0.05) is 0 Å². The summed E-state index contributed by atoms with van der Waals surface area (Å²) >= 11 is 0. The van der Waals surface area contributed by atoms with E-state index >= 15 is 0 Å². The Bertz CT molecular complexity index is 180. The van der Waals surface area contributed by atoms with Gasteiger partial charge in [0.25, 0.3) is 0 Å². The molecule has 0 aromatic rings. The molecule has 0 saturated heterocycles. The molecule has 0 radical (unpaired) electrons. The largest absolute Gasteiger partial charge is 0.369 e. The van der Waals surface area contributed by atoms with Gasteiger partial charge in [0, 0.05) is 0 Å². The minimum atomic E-state index is -0.149. The standard InChI is InChI=1S/C4H7N5/c1-3(2-5)8-9-4(6)7/h1H3,(H4,6,7,9)/b8-3+. The molecule has 0 rings (SSSR count). The van der Waals surface area contributed by atoms with Gasteiger partial charge in [-0.2, -0.15) is 5.26 Å². The highest BCUT2D eigenvalue weighted by atomic mass is 15.3. The minimum Gasteiger partial charge on any atom is -0.369 e. The molecular weight excluding hydrogens is 118 g/mol. The van der Waals surface area contributed by atoms with Gasteiger partial charge in [0.2, 0.25) is 5.96 Å². The third-order valence-corrected chi connectivity index (χ3v) is 0.477. The maximum Gasteiger partial charge on any atom is 0.211 e. The molecule has 48 valence electrons. The summed E-state index contributed by atoms with van der Waals surface area (Å²) in [6, 6.07) is 1.75. The molecule has 9 heavy (non-hydrogen) atoms.